The highest BCUT2D eigenvalue weighted by molar-refractivity contribution is 7.89. The number of hydrogen-bond acceptors (Lipinski definition) is 6. The third-order valence-corrected chi connectivity index (χ3v) is 8.04. The van der Waals surface area contributed by atoms with Crippen molar-refractivity contribution in [1.82, 2.24) is 9.71 Å². The molecule has 1 aromatic carbocycles. The lowest BCUT2D eigenvalue weighted by Gasteiger charge is -2.26. The quantitative estimate of drug-likeness (QED) is 0.607. The van der Waals surface area contributed by atoms with Crippen molar-refractivity contribution >= 4 is 26.5 Å². The highest BCUT2D eigenvalue weighted by Crippen LogP contribution is 2.35. The van der Waals surface area contributed by atoms with Crippen LogP contribution in [-0.2, 0) is 10.0 Å². The van der Waals surface area contributed by atoms with Crippen LogP contribution in [-0.4, -0.2) is 37.2 Å². The molecule has 0 aliphatic heterocycles. The lowest BCUT2D eigenvalue weighted by molar-refractivity contribution is 0.120. The van der Waals surface area contributed by atoms with Crippen LogP contribution in [0.2, 0.25) is 0 Å². The Hall–Kier alpha value is -1.48. The largest absolute Gasteiger partial charge is 0.393 e. The van der Waals surface area contributed by atoms with E-state index < -0.39 is 10.0 Å². The lowest BCUT2D eigenvalue weighted by Crippen LogP contribution is -2.38. The first-order chi connectivity index (χ1) is 13.7. The van der Waals surface area contributed by atoms with Gasteiger partial charge < -0.3 is 10.4 Å². The van der Waals surface area contributed by atoms with E-state index in [1.54, 1.807) is 17.4 Å². The molecule has 1 saturated carbocycles. The Morgan fingerprint density at radius 3 is 2.55 bits per heavy atom. The number of rotatable bonds is 7. The molecule has 1 fully saturated rings. The zero-order chi connectivity index (χ0) is 21.2. The van der Waals surface area contributed by atoms with E-state index in [2.05, 4.69) is 28.9 Å². The zero-order valence-electron chi connectivity index (χ0n) is 17.5. The van der Waals surface area contributed by atoms with Gasteiger partial charge in [-0.3, -0.25) is 0 Å². The van der Waals surface area contributed by atoms with Gasteiger partial charge in [0.2, 0.25) is 10.0 Å². The molecule has 1 heterocycles. The van der Waals surface area contributed by atoms with Gasteiger partial charge in [-0.2, -0.15) is 0 Å². The number of thiazole rings is 1. The molecule has 0 unspecified atom stereocenters. The van der Waals surface area contributed by atoms with Crippen LogP contribution in [0.25, 0.3) is 10.4 Å². The van der Waals surface area contributed by atoms with E-state index in [0.29, 0.717) is 36.5 Å². The summed E-state index contributed by atoms with van der Waals surface area (Å²) in [6.07, 6.45) is 2.29. The molecule has 0 atom stereocenters. The normalized spacial score (nSPS) is 20.2. The van der Waals surface area contributed by atoms with Gasteiger partial charge >= 0.3 is 0 Å². The van der Waals surface area contributed by atoms with Gasteiger partial charge in [-0.15, -0.1) is 0 Å². The Labute approximate surface area is 177 Å². The number of nitrogens with zero attached hydrogens (tertiary/aromatic N) is 1. The maximum atomic E-state index is 13.1. The second-order valence-electron chi connectivity index (χ2n) is 8.32. The van der Waals surface area contributed by atoms with Gasteiger partial charge in [0, 0.05) is 12.6 Å². The van der Waals surface area contributed by atoms with Gasteiger partial charge in [-0.1, -0.05) is 37.3 Å². The van der Waals surface area contributed by atoms with Gasteiger partial charge in [-0.25, -0.2) is 18.1 Å². The SMILES string of the molecule is Cc1ccc(-c2sc(NCC(C)C)nc2C)cc1S(=O)(=O)NC1CCC(O)CC1. The summed E-state index contributed by atoms with van der Waals surface area (Å²) in [7, 11) is -3.63. The van der Waals surface area contributed by atoms with Crippen molar-refractivity contribution in [3.63, 3.8) is 0 Å². The molecular weight excluding hydrogens is 406 g/mol. The van der Waals surface area contributed by atoms with Crippen LogP contribution in [0.5, 0.6) is 0 Å². The molecule has 3 rings (SSSR count). The summed E-state index contributed by atoms with van der Waals surface area (Å²) in [5.74, 6) is 0.519. The summed E-state index contributed by atoms with van der Waals surface area (Å²) in [6.45, 7) is 8.90. The Bertz CT molecular complexity index is 946. The van der Waals surface area contributed by atoms with E-state index in [9.17, 15) is 13.5 Å². The van der Waals surface area contributed by atoms with E-state index in [1.807, 2.05) is 26.0 Å². The lowest BCUT2D eigenvalue weighted by atomic mass is 9.94. The number of hydrogen-bond donors (Lipinski definition) is 3. The molecule has 6 nitrogen and oxygen atoms in total. The highest BCUT2D eigenvalue weighted by Gasteiger charge is 2.26. The van der Waals surface area contributed by atoms with Crippen molar-refractivity contribution in [2.45, 2.75) is 70.4 Å². The predicted octanol–water partition coefficient (Wildman–Crippen LogP) is 4.08. The molecule has 1 aromatic heterocycles. The molecule has 2 aromatic rings. The minimum atomic E-state index is -3.63. The number of nitrogens with one attached hydrogen (secondary N) is 2. The Morgan fingerprint density at radius 1 is 1.21 bits per heavy atom. The first-order valence-electron chi connectivity index (χ1n) is 10.2. The minimum absolute atomic E-state index is 0.122. The third-order valence-electron chi connectivity index (χ3n) is 5.22. The van der Waals surface area contributed by atoms with Crippen molar-refractivity contribution in [3.05, 3.63) is 29.5 Å². The van der Waals surface area contributed by atoms with Crippen LogP contribution in [0.3, 0.4) is 0 Å². The number of aliphatic hydroxyl groups excluding tert-OH is 1. The van der Waals surface area contributed by atoms with E-state index in [1.165, 1.54) is 0 Å². The number of anilines is 1. The van der Waals surface area contributed by atoms with Crippen molar-refractivity contribution in [2.24, 2.45) is 5.92 Å². The fourth-order valence-corrected chi connectivity index (χ4v) is 6.08. The van der Waals surface area contributed by atoms with Crippen molar-refractivity contribution in [1.29, 1.82) is 0 Å². The van der Waals surface area contributed by atoms with E-state index in [0.717, 1.165) is 33.4 Å². The van der Waals surface area contributed by atoms with Gasteiger partial charge in [0.1, 0.15) is 0 Å². The molecule has 160 valence electrons. The average molecular weight is 438 g/mol. The first-order valence-corrected chi connectivity index (χ1v) is 12.5. The first kappa shape index (κ1) is 22.2. The maximum absolute atomic E-state index is 13.1. The van der Waals surface area contributed by atoms with Crippen LogP contribution in [0.4, 0.5) is 5.13 Å². The van der Waals surface area contributed by atoms with Gasteiger partial charge in [0.25, 0.3) is 0 Å². The fourth-order valence-electron chi connectivity index (χ4n) is 3.54. The Morgan fingerprint density at radius 2 is 1.90 bits per heavy atom. The van der Waals surface area contributed by atoms with Gasteiger partial charge in [-0.05, 0) is 62.6 Å². The summed E-state index contributed by atoms with van der Waals surface area (Å²) in [4.78, 5) is 5.88. The van der Waals surface area contributed by atoms with E-state index in [-0.39, 0.29) is 12.1 Å². The van der Waals surface area contributed by atoms with Crippen molar-refractivity contribution in [3.8, 4) is 10.4 Å². The van der Waals surface area contributed by atoms with Crippen molar-refractivity contribution < 1.29 is 13.5 Å². The minimum Gasteiger partial charge on any atom is -0.393 e. The predicted molar refractivity (Wildman–Crippen MR) is 119 cm³/mol. The number of aromatic nitrogens is 1. The standard InChI is InChI=1S/C21H31N3O3S2/c1-13(2)12-22-21-23-15(4)20(28-21)16-6-5-14(3)19(11-16)29(26,27)24-17-7-9-18(25)10-8-17/h5-6,11,13,17-18,24-25H,7-10,12H2,1-4H3,(H,22,23). The number of sulfonamides is 1. The number of benzene rings is 1. The van der Waals surface area contributed by atoms with Gasteiger partial charge in [0.15, 0.2) is 5.13 Å². The van der Waals surface area contributed by atoms with Crippen LogP contribution < -0.4 is 10.0 Å². The van der Waals surface area contributed by atoms with E-state index >= 15 is 0 Å². The van der Waals surface area contributed by atoms with Crippen LogP contribution in [0, 0.1) is 19.8 Å². The molecule has 0 radical (unpaired) electrons. The molecule has 8 heteroatoms. The smallest absolute Gasteiger partial charge is 0.241 e. The van der Waals surface area contributed by atoms with E-state index in [4.69, 9.17) is 0 Å². The number of aryl methyl sites for hydroxylation is 2. The average Bonchev–Trinajstić information content (AvgIpc) is 3.03. The summed E-state index contributed by atoms with van der Waals surface area (Å²) in [6, 6.07) is 5.44. The van der Waals surface area contributed by atoms with Crippen LogP contribution in [0.15, 0.2) is 23.1 Å². The second kappa shape index (κ2) is 9.12. The Balaban J connectivity index is 1.84. The molecule has 1 aliphatic carbocycles. The maximum Gasteiger partial charge on any atom is 0.241 e. The molecule has 1 aliphatic rings. The summed E-state index contributed by atoms with van der Waals surface area (Å²) < 4.78 is 29.0. The summed E-state index contributed by atoms with van der Waals surface area (Å²) in [5.41, 5.74) is 2.47. The van der Waals surface area contributed by atoms with Crippen LogP contribution in [0.1, 0.15) is 50.8 Å². The highest BCUT2D eigenvalue weighted by atomic mass is 32.2. The molecule has 0 amide bonds. The molecule has 0 saturated heterocycles. The monoisotopic (exact) mass is 437 g/mol. The number of aliphatic hydroxyl groups is 1. The molecule has 0 bridgehead atoms. The fraction of sp³-hybridized carbons (Fsp3) is 0.571. The molecule has 29 heavy (non-hydrogen) atoms. The molecular formula is C21H31N3O3S2. The summed E-state index contributed by atoms with van der Waals surface area (Å²) in [5, 5.41) is 13.9. The summed E-state index contributed by atoms with van der Waals surface area (Å²) >= 11 is 1.55. The molecule has 3 N–H and O–H groups in total. The van der Waals surface area contributed by atoms with Crippen LogP contribution >= 0.6 is 11.3 Å². The third kappa shape index (κ3) is 5.57. The topological polar surface area (TPSA) is 91.3 Å². The molecule has 0 spiro atoms. The zero-order valence-corrected chi connectivity index (χ0v) is 19.2. The van der Waals surface area contributed by atoms with Gasteiger partial charge in [0.05, 0.1) is 21.6 Å². The second-order valence-corrected chi connectivity index (χ2v) is 11.0. The Kier molecular flexibility index (Phi) is 6.98. The van der Waals surface area contributed by atoms with Crippen molar-refractivity contribution in [2.75, 3.05) is 11.9 Å².